The first-order valence-electron chi connectivity index (χ1n) is 14.8. The van der Waals surface area contributed by atoms with E-state index in [2.05, 4.69) is 41.5 Å². The minimum Gasteiger partial charge on any atom is -0.546 e. The first-order valence-corrected chi connectivity index (χ1v) is 18.4. The Morgan fingerprint density at radius 2 is 1.58 bits per heavy atom. The number of imide groups is 1. The fraction of sp³-hybridized carbons (Fsp3) is 0.633. The van der Waals surface area contributed by atoms with Crippen molar-refractivity contribution in [3.63, 3.8) is 0 Å². The lowest BCUT2D eigenvalue weighted by Crippen LogP contribution is -2.55. The van der Waals surface area contributed by atoms with Crippen molar-refractivity contribution in [3.8, 4) is 5.75 Å². The molecule has 0 bridgehead atoms. The molecule has 1 aromatic carbocycles. The van der Waals surface area contributed by atoms with Gasteiger partial charge in [-0.1, -0.05) is 41.5 Å². The number of cyclic esters (lactones) is 1. The van der Waals surface area contributed by atoms with Gasteiger partial charge in [0.25, 0.3) is 8.32 Å². The van der Waals surface area contributed by atoms with Crippen LogP contribution in [0, 0.1) is 11.8 Å². The lowest BCUT2D eigenvalue weighted by Gasteiger charge is -2.46. The highest BCUT2D eigenvalue weighted by Crippen LogP contribution is 2.50. The number of methoxy groups -OCH3 is 2. The Hall–Kier alpha value is -2.90. The number of hydrogen-bond acceptors (Lipinski definition) is 9. The lowest BCUT2D eigenvalue weighted by molar-refractivity contribution is -0.154. The zero-order valence-electron chi connectivity index (χ0n) is 26.3. The second kappa shape index (κ2) is 12.6. The molecule has 4 rings (SSSR count). The number of ether oxygens (including phenoxy) is 3. The Balaban J connectivity index is 1.92. The Kier molecular flexibility index (Phi) is 9.67. The number of fused-ring (bicyclic) bond motifs is 1. The molecule has 0 radical (unpaired) electrons. The van der Waals surface area contributed by atoms with Gasteiger partial charge in [0, 0.05) is 13.0 Å². The molecule has 1 aliphatic carbocycles. The minimum atomic E-state index is -4.15. The normalized spacial score (nSPS) is 23.2. The predicted octanol–water partition coefficient (Wildman–Crippen LogP) is 4.69. The summed E-state index contributed by atoms with van der Waals surface area (Å²) in [4.78, 5) is 41.1. The third kappa shape index (κ3) is 5.71. The van der Waals surface area contributed by atoms with Crippen molar-refractivity contribution in [2.45, 2.75) is 81.9 Å². The van der Waals surface area contributed by atoms with E-state index >= 15 is 0 Å². The fourth-order valence-corrected chi connectivity index (χ4v) is 14.3. The number of esters is 1. The molecule has 0 aromatic heterocycles. The summed E-state index contributed by atoms with van der Waals surface area (Å²) in [6, 6.07) is 4.99. The molecule has 0 unspecified atom stereocenters. The molecule has 0 N–H and O–H groups in total. The first-order chi connectivity index (χ1) is 20.2. The zero-order valence-corrected chi connectivity index (χ0v) is 28.1. The van der Waals surface area contributed by atoms with Crippen molar-refractivity contribution in [3.05, 3.63) is 35.6 Å². The maximum absolute atomic E-state index is 14.2. The number of amides is 2. The van der Waals surface area contributed by atoms with Crippen molar-refractivity contribution < 1.29 is 41.4 Å². The van der Waals surface area contributed by atoms with E-state index in [1.165, 1.54) is 30.7 Å². The number of carbonyl (C=O) groups is 3. The van der Waals surface area contributed by atoms with Gasteiger partial charge in [0.15, 0.2) is 0 Å². The van der Waals surface area contributed by atoms with Gasteiger partial charge in [-0.2, -0.15) is 4.31 Å². The van der Waals surface area contributed by atoms with E-state index in [0.717, 1.165) is 4.90 Å². The van der Waals surface area contributed by atoms with E-state index in [9.17, 15) is 22.8 Å². The minimum absolute atomic E-state index is 0.0203. The molecule has 3 aliphatic rings. The number of nitrogens with zero attached hydrogens (tertiary/aromatic N) is 2. The van der Waals surface area contributed by atoms with Gasteiger partial charge < -0.3 is 18.6 Å². The third-order valence-corrected chi connectivity index (χ3v) is 17.2. The highest BCUT2D eigenvalue weighted by Gasteiger charge is 2.57. The van der Waals surface area contributed by atoms with E-state index in [0.29, 0.717) is 23.5 Å². The van der Waals surface area contributed by atoms with Crippen LogP contribution in [0.3, 0.4) is 0 Å². The van der Waals surface area contributed by atoms with Crippen LogP contribution in [0.4, 0.5) is 4.79 Å². The van der Waals surface area contributed by atoms with E-state index in [-0.39, 0.29) is 47.6 Å². The van der Waals surface area contributed by atoms with Crippen LogP contribution in [0.5, 0.6) is 5.75 Å². The molecule has 13 heteroatoms. The van der Waals surface area contributed by atoms with Crippen LogP contribution in [0.2, 0.25) is 16.6 Å². The SMILES string of the molecule is COC(=O)[C@H]1CC(O[Si](C(C)C)(C(C)C)C(C)C)=C2CCN(S(=O)(=O)c3ccc(OC)cc3)[C@H]2[C@@H]1C(=O)N1CCOC1=O. The lowest BCUT2D eigenvalue weighted by atomic mass is 9.74. The molecule has 1 aromatic rings. The molecule has 2 fully saturated rings. The predicted molar refractivity (Wildman–Crippen MR) is 161 cm³/mol. The highest BCUT2D eigenvalue weighted by molar-refractivity contribution is 7.89. The van der Waals surface area contributed by atoms with Crippen molar-refractivity contribution in [1.29, 1.82) is 0 Å². The summed E-state index contributed by atoms with van der Waals surface area (Å²) in [5.41, 5.74) is 1.33. The summed E-state index contributed by atoms with van der Waals surface area (Å²) in [5.74, 6) is -2.52. The molecule has 2 saturated heterocycles. The number of allylic oxidation sites excluding steroid dienone is 1. The van der Waals surface area contributed by atoms with Gasteiger partial charge in [0.1, 0.15) is 12.4 Å². The number of hydrogen-bond donors (Lipinski definition) is 0. The van der Waals surface area contributed by atoms with Crippen molar-refractivity contribution >= 4 is 36.3 Å². The molecule has 2 heterocycles. The third-order valence-electron chi connectivity index (χ3n) is 9.29. The first kappa shape index (κ1) is 33.0. The number of benzene rings is 1. The number of sulfonamides is 1. The topological polar surface area (TPSA) is 129 Å². The van der Waals surface area contributed by atoms with Gasteiger partial charge in [-0.05, 0) is 52.9 Å². The van der Waals surface area contributed by atoms with Gasteiger partial charge in [0.2, 0.25) is 15.9 Å². The van der Waals surface area contributed by atoms with E-state index in [1.54, 1.807) is 12.1 Å². The average Bonchev–Trinajstić information content (AvgIpc) is 3.61. The average molecular weight is 637 g/mol. The highest BCUT2D eigenvalue weighted by atomic mass is 32.2. The van der Waals surface area contributed by atoms with E-state index < -0.39 is 54.2 Å². The maximum atomic E-state index is 14.2. The van der Waals surface area contributed by atoms with Crippen LogP contribution in [0.15, 0.2) is 40.5 Å². The molecule has 3 atom stereocenters. The van der Waals surface area contributed by atoms with Gasteiger partial charge in [-0.15, -0.1) is 0 Å². The van der Waals surface area contributed by atoms with Crippen LogP contribution in [-0.4, -0.2) is 83.9 Å². The summed E-state index contributed by atoms with van der Waals surface area (Å²) in [6.07, 6.45) is -0.402. The van der Waals surface area contributed by atoms with Crippen molar-refractivity contribution in [1.82, 2.24) is 9.21 Å². The molecule has 11 nitrogen and oxygen atoms in total. The summed E-state index contributed by atoms with van der Waals surface area (Å²) in [6.45, 7) is 13.0. The number of carbonyl (C=O) groups excluding carboxylic acids is 3. The van der Waals surface area contributed by atoms with Crippen molar-refractivity contribution in [2.75, 3.05) is 33.9 Å². The van der Waals surface area contributed by atoms with Gasteiger partial charge >= 0.3 is 12.1 Å². The van der Waals surface area contributed by atoms with Gasteiger partial charge in [-0.3, -0.25) is 9.59 Å². The monoisotopic (exact) mass is 636 g/mol. The van der Waals surface area contributed by atoms with Crippen LogP contribution in [-0.2, 0) is 33.5 Å². The van der Waals surface area contributed by atoms with Crippen LogP contribution in [0.1, 0.15) is 54.4 Å². The molecule has 43 heavy (non-hydrogen) atoms. The zero-order chi connectivity index (χ0) is 31.9. The molecular formula is C30H44N2O9SSi. The second-order valence-corrected chi connectivity index (χ2v) is 19.6. The fourth-order valence-electron chi connectivity index (χ4n) is 7.36. The molecular weight excluding hydrogens is 592 g/mol. The molecule has 2 amide bonds. The van der Waals surface area contributed by atoms with Crippen molar-refractivity contribution in [2.24, 2.45) is 11.8 Å². The standard InChI is InChI=1S/C30H44N2O9SSi/c1-18(2)43(19(3)4,20(5)6)41-25-17-24(29(34)39-8)26(28(33)31-15-16-40-30(31)35)27-23(25)13-14-32(27)42(36,37)22-11-9-21(38-7)10-12-22/h9-12,18-20,24,26-27H,13-17H2,1-8H3/t24-,26+,27+/m0/s1. The van der Waals surface area contributed by atoms with Crippen LogP contribution >= 0.6 is 0 Å². The molecule has 2 aliphatic heterocycles. The Bertz CT molecular complexity index is 1350. The largest absolute Gasteiger partial charge is 0.546 e. The summed E-state index contributed by atoms with van der Waals surface area (Å²) < 4.78 is 52.3. The quantitative estimate of drug-likeness (QED) is 0.265. The Labute approximate surface area is 255 Å². The van der Waals surface area contributed by atoms with Gasteiger partial charge in [-0.25, -0.2) is 18.1 Å². The number of rotatable bonds is 10. The van der Waals surface area contributed by atoms with Gasteiger partial charge in [0.05, 0.1) is 49.3 Å². The van der Waals surface area contributed by atoms with Crippen LogP contribution < -0.4 is 4.74 Å². The molecule has 0 spiro atoms. The Morgan fingerprint density at radius 1 is 0.977 bits per heavy atom. The molecule has 238 valence electrons. The summed E-state index contributed by atoms with van der Waals surface area (Å²) in [7, 11) is -3.96. The van der Waals surface area contributed by atoms with E-state index in [4.69, 9.17) is 18.6 Å². The Morgan fingerprint density at radius 3 is 2.07 bits per heavy atom. The summed E-state index contributed by atoms with van der Waals surface area (Å²) >= 11 is 0. The van der Waals surface area contributed by atoms with E-state index in [1.807, 2.05) is 0 Å². The van der Waals surface area contributed by atoms with Crippen LogP contribution in [0.25, 0.3) is 0 Å². The maximum Gasteiger partial charge on any atom is 0.416 e. The summed E-state index contributed by atoms with van der Waals surface area (Å²) in [5, 5.41) is 0. The molecule has 0 saturated carbocycles. The second-order valence-electron chi connectivity index (χ2n) is 12.3. The smallest absolute Gasteiger partial charge is 0.416 e.